The molecule has 0 atom stereocenters. The molecule has 23 heavy (non-hydrogen) atoms. The lowest BCUT2D eigenvalue weighted by atomic mass is 10.1. The van der Waals surface area contributed by atoms with Gasteiger partial charge in [-0.25, -0.2) is 4.98 Å². The third-order valence-electron chi connectivity index (χ3n) is 4.08. The summed E-state index contributed by atoms with van der Waals surface area (Å²) < 4.78 is 0.916. The van der Waals surface area contributed by atoms with Crippen molar-refractivity contribution in [1.29, 1.82) is 0 Å². The maximum absolute atomic E-state index is 11.5. The smallest absolute Gasteiger partial charge is 0.271 e. The normalized spacial score (nSPS) is 12.0. The van der Waals surface area contributed by atoms with Gasteiger partial charge in [0.1, 0.15) is 11.3 Å². The average molecular weight is 366 g/mol. The van der Waals surface area contributed by atoms with Crippen LogP contribution in [-0.4, -0.2) is 20.1 Å². The number of H-pyrrole nitrogens is 1. The van der Waals surface area contributed by atoms with Gasteiger partial charge in [-0.2, -0.15) is 4.98 Å². The van der Waals surface area contributed by atoms with Gasteiger partial charge in [0.25, 0.3) is 5.56 Å². The van der Waals surface area contributed by atoms with Crippen LogP contribution < -0.4 is 5.56 Å². The van der Waals surface area contributed by atoms with Gasteiger partial charge in [0, 0.05) is 26.7 Å². The zero-order chi connectivity index (χ0) is 15.7. The molecule has 0 aliphatic rings. The fourth-order valence-corrected chi connectivity index (χ4v) is 3.68. The van der Waals surface area contributed by atoms with Gasteiger partial charge in [-0.3, -0.25) is 4.79 Å². The number of benzene rings is 2. The van der Waals surface area contributed by atoms with Crippen LogP contribution in [0.5, 0.6) is 5.75 Å². The molecule has 2 heterocycles. The predicted molar refractivity (Wildman–Crippen MR) is 93.2 cm³/mol. The van der Waals surface area contributed by atoms with Crippen molar-refractivity contribution in [2.45, 2.75) is 0 Å². The highest BCUT2D eigenvalue weighted by atomic mass is 79.9. The number of aromatic hydroxyl groups is 1. The van der Waals surface area contributed by atoms with E-state index in [1.54, 1.807) is 18.2 Å². The Bertz CT molecular complexity index is 1300. The first-order valence-electron chi connectivity index (χ1n) is 6.98. The molecule has 0 unspecified atom stereocenters. The fraction of sp³-hybridized carbons (Fsp3) is 0. The number of aromatic amines is 1. The molecule has 3 aromatic carbocycles. The van der Waals surface area contributed by atoms with Crippen molar-refractivity contribution in [3.05, 3.63) is 51.2 Å². The Balaban J connectivity index is 2.14. The molecule has 5 rings (SSSR count). The van der Waals surface area contributed by atoms with Gasteiger partial charge < -0.3 is 10.1 Å². The fourth-order valence-electron chi connectivity index (χ4n) is 3.21. The van der Waals surface area contributed by atoms with E-state index < -0.39 is 0 Å². The number of nitrogens with one attached hydrogen (secondary N) is 1. The number of halogens is 1. The Hall–Kier alpha value is -2.73. The van der Waals surface area contributed by atoms with Crippen LogP contribution >= 0.6 is 15.9 Å². The first kappa shape index (κ1) is 12.8. The van der Waals surface area contributed by atoms with E-state index in [2.05, 4.69) is 30.9 Å². The van der Waals surface area contributed by atoms with Crippen LogP contribution in [0.25, 0.3) is 43.7 Å². The van der Waals surface area contributed by atoms with Crippen molar-refractivity contribution in [3.63, 3.8) is 0 Å². The first-order valence-corrected chi connectivity index (χ1v) is 7.77. The molecule has 0 saturated heterocycles. The summed E-state index contributed by atoms with van der Waals surface area (Å²) in [4.78, 5) is 23.3. The van der Waals surface area contributed by atoms with Gasteiger partial charge >= 0.3 is 0 Å². The van der Waals surface area contributed by atoms with Gasteiger partial charge in [0.15, 0.2) is 5.65 Å². The summed E-state index contributed by atoms with van der Waals surface area (Å²) in [7, 11) is 0. The standard InChI is InChI=1S/C17H8BrN3O2/c18-8-3-7-4-9(22)6-11-14(7)10(5-8)15-16(11)21-17-12(19-15)1-2-13(23)20-17/h1-6,22H,(H,20,21,23). The first-order chi connectivity index (χ1) is 11.1. The Kier molecular flexibility index (Phi) is 2.32. The van der Waals surface area contributed by atoms with Crippen LogP contribution in [-0.2, 0) is 0 Å². The van der Waals surface area contributed by atoms with E-state index in [4.69, 9.17) is 0 Å². The molecule has 0 aliphatic carbocycles. The van der Waals surface area contributed by atoms with Gasteiger partial charge in [0.05, 0.1) is 11.0 Å². The molecule has 0 amide bonds. The van der Waals surface area contributed by atoms with E-state index in [9.17, 15) is 9.90 Å². The highest BCUT2D eigenvalue weighted by Gasteiger charge is 2.16. The van der Waals surface area contributed by atoms with Crippen LogP contribution in [0.4, 0.5) is 0 Å². The van der Waals surface area contributed by atoms with Crippen LogP contribution in [0.2, 0.25) is 0 Å². The average Bonchev–Trinajstić information content (AvgIpc) is 2.79. The molecular weight excluding hydrogens is 358 g/mol. The van der Waals surface area contributed by atoms with Gasteiger partial charge in [-0.05, 0) is 35.7 Å². The van der Waals surface area contributed by atoms with Crippen molar-refractivity contribution < 1.29 is 5.11 Å². The summed E-state index contributed by atoms with van der Waals surface area (Å²) in [6.45, 7) is 0. The summed E-state index contributed by atoms with van der Waals surface area (Å²) in [6, 6.07) is 10.5. The van der Waals surface area contributed by atoms with Crippen LogP contribution in [0.3, 0.4) is 0 Å². The molecule has 2 N–H and O–H groups in total. The minimum Gasteiger partial charge on any atom is -0.508 e. The van der Waals surface area contributed by atoms with Crippen molar-refractivity contribution in [3.8, 4) is 5.75 Å². The molecule has 0 spiro atoms. The SMILES string of the molecule is O=c1ccc2nc3c4cc(Br)cc5cc(O)cc(c3[nH]c2n1)c54. The topological polar surface area (TPSA) is 78.9 Å². The van der Waals surface area contributed by atoms with E-state index in [-0.39, 0.29) is 11.3 Å². The van der Waals surface area contributed by atoms with Crippen LogP contribution in [0, 0.1) is 0 Å². The predicted octanol–water partition coefficient (Wildman–Crippen LogP) is 3.68. The number of rotatable bonds is 0. The van der Waals surface area contributed by atoms with Crippen molar-refractivity contribution >= 4 is 59.7 Å². The number of pyridine rings is 1. The molecular formula is C17H8BrN3O2. The Morgan fingerprint density at radius 3 is 2.78 bits per heavy atom. The maximum atomic E-state index is 11.5. The molecule has 0 aliphatic heterocycles. The maximum Gasteiger partial charge on any atom is 0.271 e. The van der Waals surface area contributed by atoms with E-state index >= 15 is 0 Å². The minimum atomic E-state index is -0.310. The lowest BCUT2D eigenvalue weighted by molar-refractivity contribution is 0.477. The number of aromatic nitrogens is 3. The van der Waals surface area contributed by atoms with Gasteiger partial charge in [-0.15, -0.1) is 0 Å². The van der Waals surface area contributed by atoms with Crippen LogP contribution in [0.15, 0.2) is 45.7 Å². The lowest BCUT2D eigenvalue weighted by Gasteiger charge is -2.01. The Morgan fingerprint density at radius 2 is 1.91 bits per heavy atom. The van der Waals surface area contributed by atoms with E-state index in [1.807, 2.05) is 12.1 Å². The van der Waals surface area contributed by atoms with E-state index in [1.165, 1.54) is 6.07 Å². The molecule has 0 fully saturated rings. The monoisotopic (exact) mass is 365 g/mol. The quantitative estimate of drug-likeness (QED) is 0.438. The third-order valence-corrected chi connectivity index (χ3v) is 4.54. The number of hydrogen-bond acceptors (Lipinski definition) is 4. The molecule has 6 heteroatoms. The largest absolute Gasteiger partial charge is 0.508 e. The van der Waals surface area contributed by atoms with Crippen molar-refractivity contribution in [2.75, 3.05) is 0 Å². The number of phenolic OH excluding ortho intramolecular Hbond substituents is 1. The Labute approximate surface area is 137 Å². The number of nitrogens with zero attached hydrogens (tertiary/aromatic N) is 2. The summed E-state index contributed by atoms with van der Waals surface area (Å²) in [6.07, 6.45) is 0. The highest BCUT2D eigenvalue weighted by Crippen LogP contribution is 2.40. The minimum absolute atomic E-state index is 0.184. The molecule has 110 valence electrons. The summed E-state index contributed by atoms with van der Waals surface area (Å²) >= 11 is 3.51. The highest BCUT2D eigenvalue weighted by molar-refractivity contribution is 9.10. The molecule has 0 bridgehead atoms. The van der Waals surface area contributed by atoms with Gasteiger partial charge in [-0.1, -0.05) is 15.9 Å². The van der Waals surface area contributed by atoms with Crippen molar-refractivity contribution in [1.82, 2.24) is 15.0 Å². The number of phenols is 1. The number of fused-ring (bicyclic) bond motifs is 4. The van der Waals surface area contributed by atoms with Crippen molar-refractivity contribution in [2.24, 2.45) is 0 Å². The van der Waals surface area contributed by atoms with Gasteiger partial charge in [0.2, 0.25) is 0 Å². The van der Waals surface area contributed by atoms with E-state index in [0.717, 1.165) is 37.1 Å². The lowest BCUT2D eigenvalue weighted by Crippen LogP contribution is -2.04. The number of hydrogen-bond donors (Lipinski definition) is 2. The second kappa shape index (κ2) is 4.17. The molecule has 0 radical (unpaired) electrons. The van der Waals surface area contributed by atoms with Crippen LogP contribution in [0.1, 0.15) is 0 Å². The zero-order valence-corrected chi connectivity index (χ0v) is 13.2. The second-order valence-corrected chi connectivity index (χ2v) is 6.44. The summed E-state index contributed by atoms with van der Waals surface area (Å²) in [5.74, 6) is 0.184. The van der Waals surface area contributed by atoms with E-state index in [0.29, 0.717) is 11.2 Å². The third kappa shape index (κ3) is 1.69. The summed E-state index contributed by atoms with van der Waals surface area (Å²) in [5, 5.41) is 13.8. The zero-order valence-electron chi connectivity index (χ0n) is 11.6. The molecule has 5 nitrogen and oxygen atoms in total. The molecule has 2 aromatic heterocycles. The second-order valence-electron chi connectivity index (χ2n) is 5.52. The summed E-state index contributed by atoms with van der Waals surface area (Å²) in [5.41, 5.74) is 2.33. The molecule has 5 aromatic rings. The Morgan fingerprint density at radius 1 is 1.04 bits per heavy atom. The molecule has 0 saturated carbocycles.